The number of aromatic nitrogens is 1. The van der Waals surface area contributed by atoms with Gasteiger partial charge in [-0.05, 0) is 36.1 Å². The molecule has 0 amide bonds. The molecular formula is C16H16F3N3O2S2. The average molecular weight is 403 g/mol. The Morgan fingerprint density at radius 2 is 1.96 bits per heavy atom. The van der Waals surface area contributed by atoms with Crippen LogP contribution in [0, 0.1) is 0 Å². The van der Waals surface area contributed by atoms with Crippen molar-refractivity contribution in [3.8, 4) is 0 Å². The van der Waals surface area contributed by atoms with Crippen LogP contribution in [0.3, 0.4) is 0 Å². The molecule has 1 aromatic heterocycles. The Bertz CT molecular complexity index is 930. The lowest BCUT2D eigenvalue weighted by molar-refractivity contribution is -0.137. The second kappa shape index (κ2) is 7.45. The Hall–Kier alpha value is -1.78. The summed E-state index contributed by atoms with van der Waals surface area (Å²) in [5.74, 6) is 0. The van der Waals surface area contributed by atoms with Gasteiger partial charge in [-0.15, -0.1) is 11.8 Å². The minimum atomic E-state index is -4.41. The third-order valence-electron chi connectivity index (χ3n) is 3.80. The maximum absolute atomic E-state index is 12.8. The first kappa shape index (κ1) is 19.0. The van der Waals surface area contributed by atoms with Gasteiger partial charge in [0.05, 0.1) is 11.1 Å². The molecule has 0 bridgehead atoms. The maximum Gasteiger partial charge on any atom is 0.416 e. The van der Waals surface area contributed by atoms with Gasteiger partial charge in [0.25, 0.3) is 0 Å². The zero-order chi connectivity index (χ0) is 18.8. The van der Waals surface area contributed by atoms with E-state index in [1.807, 2.05) is 0 Å². The first-order valence-corrected chi connectivity index (χ1v) is 10.3. The number of benzene rings is 1. The summed E-state index contributed by atoms with van der Waals surface area (Å²) in [6, 6.07) is 5.09. The molecule has 5 nitrogen and oxygen atoms in total. The second-order valence-corrected chi connectivity index (χ2v) is 8.88. The number of hydrogen-bond donors (Lipinski definition) is 2. The minimum absolute atomic E-state index is 0.249. The van der Waals surface area contributed by atoms with E-state index in [1.165, 1.54) is 24.0 Å². The van der Waals surface area contributed by atoms with Gasteiger partial charge in [-0.2, -0.15) is 13.2 Å². The van der Waals surface area contributed by atoms with Crippen LogP contribution in [0.1, 0.15) is 12.0 Å². The number of sulfonamides is 1. The number of alkyl halides is 3. The third kappa shape index (κ3) is 4.30. The van der Waals surface area contributed by atoms with E-state index in [4.69, 9.17) is 0 Å². The number of thioether (sulfide) groups is 1. The molecule has 2 heterocycles. The Labute approximate surface area is 153 Å². The summed E-state index contributed by atoms with van der Waals surface area (Å²) < 4.78 is 64.0. The van der Waals surface area contributed by atoms with Crippen molar-refractivity contribution in [2.45, 2.75) is 17.2 Å². The molecule has 0 spiro atoms. The Kier molecular flexibility index (Phi) is 5.44. The standard InChI is InChI=1S/C16H16F3N3O2S2/c17-16(18,19)11-2-3-12-13(4-8-21-14(12)10-11)20-6-1-7-22-26(23,24)15-5-9-25-15/h2-5,8-10,15,22H,1,6-7H2,(H,20,21). The summed E-state index contributed by atoms with van der Waals surface area (Å²) in [7, 11) is -3.34. The first-order chi connectivity index (χ1) is 12.3. The van der Waals surface area contributed by atoms with Gasteiger partial charge in [-0.1, -0.05) is 6.07 Å². The van der Waals surface area contributed by atoms with Gasteiger partial charge >= 0.3 is 6.18 Å². The van der Waals surface area contributed by atoms with Crippen LogP contribution < -0.4 is 10.0 Å². The van der Waals surface area contributed by atoms with E-state index in [-0.39, 0.29) is 12.1 Å². The molecule has 1 unspecified atom stereocenters. The monoisotopic (exact) mass is 403 g/mol. The first-order valence-electron chi connectivity index (χ1n) is 7.78. The van der Waals surface area contributed by atoms with E-state index in [9.17, 15) is 21.6 Å². The summed E-state index contributed by atoms with van der Waals surface area (Å²) in [5, 5.41) is 5.42. The summed E-state index contributed by atoms with van der Waals surface area (Å²) >= 11 is 1.24. The summed E-state index contributed by atoms with van der Waals surface area (Å²) in [6.07, 6.45) is -0.827. The topological polar surface area (TPSA) is 71.1 Å². The molecule has 1 aliphatic heterocycles. The van der Waals surface area contributed by atoms with E-state index < -0.39 is 26.3 Å². The van der Waals surface area contributed by atoms with Gasteiger partial charge in [0, 0.05) is 30.4 Å². The number of nitrogens with one attached hydrogen (secondary N) is 2. The Morgan fingerprint density at radius 3 is 2.62 bits per heavy atom. The fourth-order valence-electron chi connectivity index (χ4n) is 2.41. The van der Waals surface area contributed by atoms with E-state index in [0.717, 1.165) is 12.1 Å². The second-order valence-electron chi connectivity index (χ2n) is 5.64. The molecule has 1 aromatic carbocycles. The van der Waals surface area contributed by atoms with Crippen LogP contribution in [0.25, 0.3) is 10.9 Å². The number of hydrogen-bond acceptors (Lipinski definition) is 5. The van der Waals surface area contributed by atoms with Gasteiger partial charge < -0.3 is 5.32 Å². The average Bonchev–Trinajstić information content (AvgIpc) is 2.51. The van der Waals surface area contributed by atoms with Crippen molar-refractivity contribution in [3.05, 3.63) is 47.5 Å². The molecule has 1 aliphatic rings. The zero-order valence-electron chi connectivity index (χ0n) is 13.5. The van der Waals surface area contributed by atoms with Gasteiger partial charge in [0.2, 0.25) is 10.0 Å². The number of halogens is 3. The summed E-state index contributed by atoms with van der Waals surface area (Å²) in [4.78, 5) is 3.99. The molecule has 0 saturated carbocycles. The Morgan fingerprint density at radius 1 is 1.19 bits per heavy atom. The lowest BCUT2D eigenvalue weighted by Gasteiger charge is -2.18. The predicted molar refractivity (Wildman–Crippen MR) is 97.3 cm³/mol. The number of nitrogens with zero attached hydrogens (tertiary/aromatic N) is 1. The molecule has 140 valence electrons. The van der Waals surface area contributed by atoms with Crippen LogP contribution in [0.4, 0.5) is 18.9 Å². The van der Waals surface area contributed by atoms with Crippen LogP contribution in [0.2, 0.25) is 0 Å². The number of pyridine rings is 1. The lowest BCUT2D eigenvalue weighted by atomic mass is 10.1. The van der Waals surface area contributed by atoms with E-state index in [0.29, 0.717) is 24.0 Å². The Balaban J connectivity index is 1.58. The van der Waals surface area contributed by atoms with Crippen molar-refractivity contribution in [3.63, 3.8) is 0 Å². The fourth-order valence-corrected chi connectivity index (χ4v) is 4.67. The van der Waals surface area contributed by atoms with Crippen molar-refractivity contribution in [2.75, 3.05) is 18.4 Å². The molecule has 26 heavy (non-hydrogen) atoms. The SMILES string of the molecule is O=S(=O)(NCCCNc1ccnc2cc(C(F)(F)F)ccc12)C1C=CS1. The highest BCUT2D eigenvalue weighted by molar-refractivity contribution is 8.16. The molecule has 1 atom stereocenters. The van der Waals surface area contributed by atoms with Crippen LogP contribution in [-0.2, 0) is 16.2 Å². The molecule has 10 heteroatoms. The van der Waals surface area contributed by atoms with Crippen molar-refractivity contribution in [2.24, 2.45) is 0 Å². The number of rotatable bonds is 7. The molecular weight excluding hydrogens is 387 g/mol. The lowest BCUT2D eigenvalue weighted by Crippen LogP contribution is -2.34. The molecule has 2 aromatic rings. The highest BCUT2D eigenvalue weighted by Crippen LogP contribution is 2.32. The van der Waals surface area contributed by atoms with E-state index >= 15 is 0 Å². The maximum atomic E-state index is 12.8. The van der Waals surface area contributed by atoms with Crippen molar-refractivity contribution >= 4 is 38.4 Å². The molecule has 2 N–H and O–H groups in total. The minimum Gasteiger partial charge on any atom is -0.384 e. The van der Waals surface area contributed by atoms with Crippen LogP contribution in [-0.4, -0.2) is 31.1 Å². The largest absolute Gasteiger partial charge is 0.416 e. The van der Waals surface area contributed by atoms with Crippen LogP contribution in [0.5, 0.6) is 0 Å². The molecule has 0 aliphatic carbocycles. The van der Waals surface area contributed by atoms with Crippen molar-refractivity contribution < 1.29 is 21.6 Å². The van der Waals surface area contributed by atoms with Crippen LogP contribution >= 0.6 is 11.8 Å². The third-order valence-corrected chi connectivity index (χ3v) is 7.00. The normalized spacial score (nSPS) is 17.3. The van der Waals surface area contributed by atoms with Crippen LogP contribution in [0.15, 0.2) is 41.9 Å². The smallest absolute Gasteiger partial charge is 0.384 e. The quantitative estimate of drug-likeness (QED) is 0.692. The molecule has 0 radical (unpaired) electrons. The number of fused-ring (bicyclic) bond motifs is 1. The van der Waals surface area contributed by atoms with Crippen molar-refractivity contribution in [1.82, 2.24) is 9.71 Å². The molecule has 0 saturated heterocycles. The molecule has 3 rings (SSSR count). The highest BCUT2D eigenvalue weighted by Gasteiger charge is 2.30. The van der Waals surface area contributed by atoms with E-state index in [2.05, 4.69) is 15.0 Å². The van der Waals surface area contributed by atoms with Gasteiger partial charge in [-0.25, -0.2) is 13.1 Å². The van der Waals surface area contributed by atoms with Gasteiger partial charge in [0.1, 0.15) is 4.58 Å². The van der Waals surface area contributed by atoms with Crippen molar-refractivity contribution in [1.29, 1.82) is 0 Å². The molecule has 0 fully saturated rings. The summed E-state index contributed by atoms with van der Waals surface area (Å²) in [6.45, 7) is 0.748. The summed E-state index contributed by atoms with van der Waals surface area (Å²) in [5.41, 5.74) is 0.162. The van der Waals surface area contributed by atoms with Gasteiger partial charge in [-0.3, -0.25) is 4.98 Å². The zero-order valence-corrected chi connectivity index (χ0v) is 15.1. The number of anilines is 1. The van der Waals surface area contributed by atoms with Gasteiger partial charge in [0.15, 0.2) is 0 Å². The van der Waals surface area contributed by atoms with E-state index in [1.54, 1.807) is 17.6 Å². The highest BCUT2D eigenvalue weighted by atomic mass is 32.3. The fraction of sp³-hybridized carbons (Fsp3) is 0.312. The predicted octanol–water partition coefficient (Wildman–Crippen LogP) is 3.56.